The lowest BCUT2D eigenvalue weighted by Gasteiger charge is -2.07. The van der Waals surface area contributed by atoms with Gasteiger partial charge in [0.25, 0.3) is 0 Å². The number of hydrogen-bond donors (Lipinski definition) is 2. The highest BCUT2D eigenvalue weighted by Crippen LogP contribution is 2.29. The van der Waals surface area contributed by atoms with E-state index in [-0.39, 0.29) is 5.11 Å². The third kappa shape index (κ3) is 5.69. The predicted octanol–water partition coefficient (Wildman–Crippen LogP) is 7.86. The molecule has 5 rings (SSSR count). The fourth-order valence-electron chi connectivity index (χ4n) is 3.99. The van der Waals surface area contributed by atoms with Crippen molar-refractivity contribution in [3.63, 3.8) is 0 Å². The van der Waals surface area contributed by atoms with Crippen LogP contribution in [0, 0.1) is 20.8 Å². The van der Waals surface area contributed by atoms with E-state index < -0.39 is 5.91 Å². The van der Waals surface area contributed by atoms with Gasteiger partial charge in [0.2, 0.25) is 11.8 Å². The number of amides is 1. The minimum absolute atomic E-state index is 0.159. The number of carbonyl (C=O) groups excluding carboxylic acids is 1. The largest absolute Gasteiger partial charge is 0.457 e. The van der Waals surface area contributed by atoms with Crippen molar-refractivity contribution in [3.8, 4) is 22.8 Å². The number of rotatable bonds is 5. The quantitative estimate of drug-likeness (QED) is 0.174. The van der Waals surface area contributed by atoms with Gasteiger partial charge in [0.05, 0.1) is 0 Å². The SMILES string of the molecule is Cc1ccc(-c2nc3cc(NC(=S)NC(=O)/C=C/c4ccc(-c5ccc(C)c(Cl)c5)o4)ccc3o2)c(C)c1. The molecular weight excluding hydrogens is 518 g/mol. The number of fused-ring (bicyclic) bond motifs is 1. The summed E-state index contributed by atoms with van der Waals surface area (Å²) in [6, 6.07) is 20.9. The standard InChI is InChI=1S/C30H24ClN3O3S/c1-17-4-10-23(19(3)14-17)29-33-25-16-21(7-11-27(25)37-29)32-30(38)34-28(35)13-9-22-8-12-26(36-22)20-6-5-18(2)24(31)15-20/h4-16H,1-3H3,(H2,32,34,35,38)/b13-9+. The minimum Gasteiger partial charge on any atom is -0.457 e. The highest BCUT2D eigenvalue weighted by Gasteiger charge is 2.12. The summed E-state index contributed by atoms with van der Waals surface area (Å²) in [5.41, 5.74) is 7.10. The molecule has 1 amide bonds. The Morgan fingerprint density at radius 3 is 2.58 bits per heavy atom. The molecule has 2 heterocycles. The number of carbonyl (C=O) groups is 1. The zero-order valence-corrected chi connectivity index (χ0v) is 22.5. The molecule has 0 saturated carbocycles. The number of nitrogens with zero attached hydrogens (tertiary/aromatic N) is 1. The van der Waals surface area contributed by atoms with Crippen molar-refractivity contribution in [3.05, 3.63) is 100 Å². The van der Waals surface area contributed by atoms with Crippen LogP contribution in [0.3, 0.4) is 0 Å². The summed E-state index contributed by atoms with van der Waals surface area (Å²) >= 11 is 11.5. The summed E-state index contributed by atoms with van der Waals surface area (Å²) < 4.78 is 11.8. The number of hydrogen-bond acceptors (Lipinski definition) is 5. The zero-order valence-electron chi connectivity index (χ0n) is 21.0. The number of thiocarbonyl (C=S) groups is 1. The Balaban J connectivity index is 1.21. The summed E-state index contributed by atoms with van der Waals surface area (Å²) in [4.78, 5) is 17.0. The summed E-state index contributed by atoms with van der Waals surface area (Å²) in [6.45, 7) is 6.02. The van der Waals surface area contributed by atoms with Gasteiger partial charge in [0.15, 0.2) is 10.7 Å². The fourth-order valence-corrected chi connectivity index (χ4v) is 4.39. The molecule has 0 spiro atoms. The lowest BCUT2D eigenvalue weighted by Crippen LogP contribution is -2.32. The van der Waals surface area contributed by atoms with Gasteiger partial charge < -0.3 is 14.2 Å². The second-order valence-corrected chi connectivity index (χ2v) is 9.78. The molecule has 0 aliphatic rings. The first-order valence-corrected chi connectivity index (χ1v) is 12.7. The van der Waals surface area contributed by atoms with E-state index in [9.17, 15) is 4.79 Å². The maximum atomic E-state index is 12.4. The van der Waals surface area contributed by atoms with Gasteiger partial charge in [0, 0.05) is 27.9 Å². The Bertz CT molecular complexity index is 1720. The normalized spacial score (nSPS) is 11.3. The number of anilines is 1. The molecular formula is C30H24ClN3O3S. The summed E-state index contributed by atoms with van der Waals surface area (Å²) in [5.74, 6) is 1.36. The van der Waals surface area contributed by atoms with Crippen molar-refractivity contribution >= 4 is 57.7 Å². The van der Waals surface area contributed by atoms with E-state index in [1.165, 1.54) is 11.6 Å². The molecule has 0 atom stereocenters. The van der Waals surface area contributed by atoms with Crippen molar-refractivity contribution < 1.29 is 13.6 Å². The molecule has 6 nitrogen and oxygen atoms in total. The molecule has 0 fully saturated rings. The first-order valence-electron chi connectivity index (χ1n) is 11.9. The Morgan fingerprint density at radius 1 is 0.947 bits per heavy atom. The molecule has 2 N–H and O–H groups in total. The topological polar surface area (TPSA) is 80.3 Å². The Labute approximate surface area is 230 Å². The number of benzene rings is 3. The van der Waals surface area contributed by atoms with Gasteiger partial charge in [0.1, 0.15) is 17.0 Å². The molecule has 38 heavy (non-hydrogen) atoms. The average Bonchev–Trinajstić information content (AvgIpc) is 3.51. The van der Waals surface area contributed by atoms with Gasteiger partial charge in [-0.3, -0.25) is 10.1 Å². The maximum absolute atomic E-state index is 12.4. The van der Waals surface area contributed by atoms with E-state index in [0.717, 1.165) is 22.3 Å². The van der Waals surface area contributed by atoms with Crippen LogP contribution in [0.5, 0.6) is 0 Å². The molecule has 8 heteroatoms. The van der Waals surface area contributed by atoms with Gasteiger partial charge >= 0.3 is 0 Å². The maximum Gasteiger partial charge on any atom is 0.250 e. The third-order valence-corrected chi connectivity index (χ3v) is 6.59. The van der Waals surface area contributed by atoms with Crippen molar-refractivity contribution in [2.45, 2.75) is 20.8 Å². The van der Waals surface area contributed by atoms with Crippen molar-refractivity contribution in [2.75, 3.05) is 5.32 Å². The number of oxazole rings is 1. The fraction of sp³-hybridized carbons (Fsp3) is 0.100. The van der Waals surface area contributed by atoms with E-state index in [4.69, 9.17) is 32.7 Å². The second kappa shape index (κ2) is 10.7. The molecule has 3 aromatic carbocycles. The molecule has 190 valence electrons. The number of furan rings is 1. The lowest BCUT2D eigenvalue weighted by atomic mass is 10.1. The van der Waals surface area contributed by atoms with Crippen molar-refractivity contribution in [1.82, 2.24) is 10.3 Å². The van der Waals surface area contributed by atoms with Gasteiger partial charge in [-0.15, -0.1) is 0 Å². The Hall–Kier alpha value is -4.20. The average molecular weight is 542 g/mol. The van der Waals surface area contributed by atoms with Crippen LogP contribution in [0.25, 0.3) is 40.0 Å². The van der Waals surface area contributed by atoms with E-state index in [1.54, 1.807) is 12.1 Å². The van der Waals surface area contributed by atoms with Gasteiger partial charge in [-0.25, -0.2) is 4.98 Å². The molecule has 0 radical (unpaired) electrons. The van der Waals surface area contributed by atoms with E-state index >= 15 is 0 Å². The first kappa shape index (κ1) is 25.4. The third-order valence-electron chi connectivity index (χ3n) is 5.98. The van der Waals surface area contributed by atoms with Crippen LogP contribution in [0.4, 0.5) is 5.69 Å². The molecule has 5 aromatic rings. The highest BCUT2D eigenvalue weighted by atomic mass is 35.5. The van der Waals surface area contributed by atoms with Crippen molar-refractivity contribution in [2.24, 2.45) is 0 Å². The molecule has 0 bridgehead atoms. The number of nitrogens with one attached hydrogen (secondary N) is 2. The first-order chi connectivity index (χ1) is 18.2. The van der Waals surface area contributed by atoms with Gasteiger partial charge in [-0.05, 0) is 92.7 Å². The van der Waals surface area contributed by atoms with Crippen LogP contribution in [-0.4, -0.2) is 16.0 Å². The molecule has 0 unspecified atom stereocenters. The number of aryl methyl sites for hydroxylation is 3. The van der Waals surface area contributed by atoms with Crippen LogP contribution in [0.2, 0.25) is 5.02 Å². The van der Waals surface area contributed by atoms with E-state index in [1.807, 2.05) is 75.4 Å². The van der Waals surface area contributed by atoms with Crippen LogP contribution in [-0.2, 0) is 4.79 Å². The Morgan fingerprint density at radius 2 is 1.79 bits per heavy atom. The minimum atomic E-state index is -0.390. The van der Waals surface area contributed by atoms with Gasteiger partial charge in [-0.2, -0.15) is 0 Å². The number of aromatic nitrogens is 1. The second-order valence-electron chi connectivity index (χ2n) is 8.96. The number of halogens is 1. The summed E-state index contributed by atoms with van der Waals surface area (Å²) in [7, 11) is 0. The monoisotopic (exact) mass is 541 g/mol. The smallest absolute Gasteiger partial charge is 0.250 e. The van der Waals surface area contributed by atoms with E-state index in [2.05, 4.69) is 21.7 Å². The predicted molar refractivity (Wildman–Crippen MR) is 156 cm³/mol. The van der Waals surface area contributed by atoms with Crippen molar-refractivity contribution in [1.29, 1.82) is 0 Å². The zero-order chi connectivity index (χ0) is 26.8. The molecule has 0 saturated heterocycles. The van der Waals surface area contributed by atoms with Crippen LogP contribution >= 0.6 is 23.8 Å². The summed E-state index contributed by atoms with van der Waals surface area (Å²) in [5, 5.41) is 6.48. The van der Waals surface area contributed by atoms with E-state index in [0.29, 0.717) is 39.2 Å². The van der Waals surface area contributed by atoms with Crippen LogP contribution in [0.1, 0.15) is 22.5 Å². The molecule has 0 aliphatic heterocycles. The lowest BCUT2D eigenvalue weighted by molar-refractivity contribution is -0.115. The molecule has 2 aromatic heterocycles. The highest BCUT2D eigenvalue weighted by molar-refractivity contribution is 7.80. The molecule has 0 aliphatic carbocycles. The Kier molecular flexibility index (Phi) is 7.13. The van der Waals surface area contributed by atoms with Gasteiger partial charge in [-0.1, -0.05) is 41.4 Å². The van der Waals surface area contributed by atoms with Crippen LogP contribution in [0.15, 0.2) is 81.6 Å². The summed E-state index contributed by atoms with van der Waals surface area (Å²) in [6.07, 6.45) is 2.93. The van der Waals surface area contributed by atoms with Crippen LogP contribution < -0.4 is 10.6 Å².